The predicted octanol–water partition coefficient (Wildman–Crippen LogP) is 0.835. The van der Waals surface area contributed by atoms with E-state index >= 15 is 0 Å². The second kappa shape index (κ2) is 6.05. The number of carboxylic acids is 1. The lowest BCUT2D eigenvalue weighted by Crippen LogP contribution is -2.21. The van der Waals surface area contributed by atoms with Crippen LogP contribution >= 0.6 is 0 Å². The molecule has 0 bridgehead atoms. The summed E-state index contributed by atoms with van der Waals surface area (Å²) in [4.78, 5) is 16.9. The summed E-state index contributed by atoms with van der Waals surface area (Å²) in [5.74, 6) is -0.454. The van der Waals surface area contributed by atoms with Crippen LogP contribution in [0.4, 0.5) is 11.5 Å². The number of methoxy groups -OCH3 is 1. The van der Waals surface area contributed by atoms with Crippen LogP contribution in [0.1, 0.15) is 16.8 Å². The van der Waals surface area contributed by atoms with Crippen LogP contribution in [0.25, 0.3) is 0 Å². The van der Waals surface area contributed by atoms with Gasteiger partial charge in [-0.15, -0.1) is 0 Å². The van der Waals surface area contributed by atoms with E-state index in [0.717, 1.165) is 13.0 Å². The van der Waals surface area contributed by atoms with Crippen molar-refractivity contribution in [3.63, 3.8) is 0 Å². The maximum absolute atomic E-state index is 10.9. The molecule has 3 N–H and O–H groups in total. The minimum Gasteiger partial charge on any atom is -0.478 e. The number of ether oxygens (including phenoxy) is 1. The lowest BCUT2D eigenvalue weighted by atomic mass is 10.2. The number of nitrogens with zero attached hydrogens (tertiary/aromatic N) is 2. The Kier molecular flexibility index (Phi) is 4.71. The summed E-state index contributed by atoms with van der Waals surface area (Å²) in [5.41, 5.74) is 5.78. The predicted molar refractivity (Wildman–Crippen MR) is 65.4 cm³/mol. The number of hydrogen-bond acceptors (Lipinski definition) is 5. The standard InChI is InChI=1S/C11H17N3O3/c1-14(4-3-5-17-2)10-6-8(11(15)16)9(12)7-13-10/h6-7H,3-5,12H2,1-2H3,(H,15,16). The topological polar surface area (TPSA) is 88.7 Å². The van der Waals surface area contributed by atoms with Gasteiger partial charge in [-0.2, -0.15) is 0 Å². The normalized spacial score (nSPS) is 10.2. The Morgan fingerprint density at radius 3 is 2.94 bits per heavy atom. The summed E-state index contributed by atoms with van der Waals surface area (Å²) >= 11 is 0. The van der Waals surface area contributed by atoms with E-state index in [2.05, 4.69) is 4.98 Å². The maximum atomic E-state index is 10.9. The third-order valence-corrected chi connectivity index (χ3v) is 2.38. The SMILES string of the molecule is COCCCN(C)c1cc(C(=O)O)c(N)cn1. The Balaban J connectivity index is 2.77. The molecule has 0 fully saturated rings. The van der Waals surface area contributed by atoms with Gasteiger partial charge in [0, 0.05) is 27.3 Å². The first-order valence-corrected chi connectivity index (χ1v) is 5.25. The van der Waals surface area contributed by atoms with E-state index in [0.29, 0.717) is 12.4 Å². The first kappa shape index (κ1) is 13.2. The zero-order valence-corrected chi connectivity index (χ0v) is 10.0. The number of rotatable bonds is 6. The van der Waals surface area contributed by atoms with E-state index in [-0.39, 0.29) is 11.3 Å². The molecule has 0 aliphatic heterocycles. The number of nitrogens with two attached hydrogens (primary N) is 1. The Labute approximate surface area is 100 Å². The lowest BCUT2D eigenvalue weighted by Gasteiger charge is -2.18. The molecule has 0 atom stereocenters. The lowest BCUT2D eigenvalue weighted by molar-refractivity contribution is 0.0698. The molecule has 0 aliphatic carbocycles. The molecule has 0 amide bonds. The number of hydrogen-bond donors (Lipinski definition) is 2. The molecule has 17 heavy (non-hydrogen) atoms. The summed E-state index contributed by atoms with van der Waals surface area (Å²) in [7, 11) is 3.49. The Morgan fingerprint density at radius 1 is 1.65 bits per heavy atom. The Hall–Kier alpha value is -1.82. The minimum atomic E-state index is -1.04. The van der Waals surface area contributed by atoms with Crippen molar-refractivity contribution in [2.45, 2.75) is 6.42 Å². The summed E-state index contributed by atoms with van der Waals surface area (Å²) in [6.45, 7) is 1.40. The highest BCUT2D eigenvalue weighted by Crippen LogP contribution is 2.17. The van der Waals surface area contributed by atoms with Crippen molar-refractivity contribution in [2.75, 3.05) is 37.9 Å². The molecule has 0 aliphatic rings. The van der Waals surface area contributed by atoms with Crippen LogP contribution in [0.15, 0.2) is 12.3 Å². The van der Waals surface area contributed by atoms with Gasteiger partial charge in [0.05, 0.1) is 17.4 Å². The summed E-state index contributed by atoms with van der Waals surface area (Å²) in [6.07, 6.45) is 2.22. The van der Waals surface area contributed by atoms with E-state index in [1.54, 1.807) is 7.11 Å². The number of pyridine rings is 1. The molecule has 0 spiro atoms. The van der Waals surface area contributed by atoms with Gasteiger partial charge in [-0.05, 0) is 12.5 Å². The van der Waals surface area contributed by atoms with Gasteiger partial charge in [-0.25, -0.2) is 9.78 Å². The molecule has 94 valence electrons. The van der Waals surface area contributed by atoms with Crippen molar-refractivity contribution >= 4 is 17.5 Å². The van der Waals surface area contributed by atoms with Gasteiger partial charge >= 0.3 is 5.97 Å². The van der Waals surface area contributed by atoms with Crippen molar-refractivity contribution in [3.8, 4) is 0 Å². The van der Waals surface area contributed by atoms with Gasteiger partial charge in [0.1, 0.15) is 5.82 Å². The molecular formula is C11H17N3O3. The van der Waals surface area contributed by atoms with Gasteiger partial charge in [0.25, 0.3) is 0 Å². The fourth-order valence-corrected chi connectivity index (χ4v) is 1.41. The quantitative estimate of drug-likeness (QED) is 0.715. The highest BCUT2D eigenvalue weighted by Gasteiger charge is 2.11. The average Bonchev–Trinajstić information content (AvgIpc) is 2.29. The fraction of sp³-hybridized carbons (Fsp3) is 0.455. The molecule has 0 unspecified atom stereocenters. The number of nitrogen functional groups attached to an aromatic ring is 1. The maximum Gasteiger partial charge on any atom is 0.337 e. The van der Waals surface area contributed by atoms with Gasteiger partial charge < -0.3 is 20.5 Å². The van der Waals surface area contributed by atoms with Crippen molar-refractivity contribution in [2.24, 2.45) is 0 Å². The molecule has 6 nitrogen and oxygen atoms in total. The molecule has 1 heterocycles. The van der Waals surface area contributed by atoms with Crippen LogP contribution in [0.3, 0.4) is 0 Å². The van der Waals surface area contributed by atoms with Crippen molar-refractivity contribution in [3.05, 3.63) is 17.8 Å². The zero-order chi connectivity index (χ0) is 12.8. The van der Waals surface area contributed by atoms with E-state index < -0.39 is 5.97 Å². The van der Waals surface area contributed by atoms with E-state index in [9.17, 15) is 4.79 Å². The van der Waals surface area contributed by atoms with Crippen LogP contribution in [0.2, 0.25) is 0 Å². The minimum absolute atomic E-state index is 0.0774. The zero-order valence-electron chi connectivity index (χ0n) is 10.0. The number of carboxylic acid groups (broad SMARTS) is 1. The second-order valence-corrected chi connectivity index (χ2v) is 3.70. The second-order valence-electron chi connectivity index (χ2n) is 3.70. The number of carbonyl (C=O) groups is 1. The number of aromatic carboxylic acids is 1. The molecule has 1 aromatic heterocycles. The van der Waals surface area contributed by atoms with Crippen molar-refractivity contribution in [1.29, 1.82) is 0 Å². The molecule has 0 aromatic carbocycles. The first-order valence-electron chi connectivity index (χ1n) is 5.25. The van der Waals surface area contributed by atoms with Gasteiger partial charge in [0.2, 0.25) is 0 Å². The number of aromatic nitrogens is 1. The summed E-state index contributed by atoms with van der Waals surface area (Å²) in [5, 5.41) is 8.94. The van der Waals surface area contributed by atoms with Gasteiger partial charge in [0.15, 0.2) is 0 Å². The molecule has 1 aromatic rings. The molecule has 0 saturated carbocycles. The van der Waals surface area contributed by atoms with Crippen LogP contribution in [0.5, 0.6) is 0 Å². The molecular weight excluding hydrogens is 222 g/mol. The Bertz CT molecular complexity index is 396. The fourth-order valence-electron chi connectivity index (χ4n) is 1.41. The van der Waals surface area contributed by atoms with Crippen molar-refractivity contribution < 1.29 is 14.6 Å². The largest absolute Gasteiger partial charge is 0.478 e. The van der Waals surface area contributed by atoms with E-state index in [4.69, 9.17) is 15.6 Å². The summed E-state index contributed by atoms with van der Waals surface area (Å²) in [6, 6.07) is 1.48. The monoisotopic (exact) mass is 239 g/mol. The number of anilines is 2. The Morgan fingerprint density at radius 2 is 2.35 bits per heavy atom. The van der Waals surface area contributed by atoms with Crippen LogP contribution in [-0.2, 0) is 4.74 Å². The summed E-state index contributed by atoms with van der Waals surface area (Å²) < 4.78 is 4.95. The van der Waals surface area contributed by atoms with Crippen molar-refractivity contribution in [1.82, 2.24) is 4.98 Å². The van der Waals surface area contributed by atoms with Crippen LogP contribution in [-0.4, -0.2) is 43.4 Å². The van der Waals surface area contributed by atoms with Crippen LogP contribution < -0.4 is 10.6 Å². The first-order chi connectivity index (χ1) is 8.06. The smallest absolute Gasteiger partial charge is 0.337 e. The molecule has 0 saturated heterocycles. The highest BCUT2D eigenvalue weighted by atomic mass is 16.5. The highest BCUT2D eigenvalue weighted by molar-refractivity contribution is 5.94. The third-order valence-electron chi connectivity index (χ3n) is 2.38. The van der Waals surface area contributed by atoms with E-state index in [1.165, 1.54) is 12.3 Å². The third kappa shape index (κ3) is 3.60. The molecule has 1 rings (SSSR count). The van der Waals surface area contributed by atoms with Gasteiger partial charge in [-0.3, -0.25) is 0 Å². The van der Waals surface area contributed by atoms with E-state index in [1.807, 2.05) is 11.9 Å². The average molecular weight is 239 g/mol. The molecule has 6 heteroatoms. The molecule has 0 radical (unpaired) electrons. The van der Waals surface area contributed by atoms with Crippen LogP contribution in [0, 0.1) is 0 Å². The van der Waals surface area contributed by atoms with Gasteiger partial charge in [-0.1, -0.05) is 0 Å².